The van der Waals surface area contributed by atoms with E-state index in [1.54, 1.807) is 12.1 Å². The van der Waals surface area contributed by atoms with Crippen LogP contribution in [0.25, 0.3) is 11.1 Å². The van der Waals surface area contributed by atoms with E-state index in [0.717, 1.165) is 12.1 Å². The number of rotatable bonds is 5. The third-order valence-corrected chi connectivity index (χ3v) is 12.2. The summed E-state index contributed by atoms with van der Waals surface area (Å²) >= 11 is 0. The van der Waals surface area contributed by atoms with Crippen LogP contribution in [-0.4, -0.2) is 39.7 Å². The number of hydrogen-bond acceptors (Lipinski definition) is 10. The lowest BCUT2D eigenvalue weighted by molar-refractivity contribution is 0.534. The van der Waals surface area contributed by atoms with Crippen LogP contribution < -0.4 is 22.0 Å². The highest BCUT2D eigenvalue weighted by molar-refractivity contribution is 7.90. The van der Waals surface area contributed by atoms with Crippen molar-refractivity contribution in [2.24, 2.45) is 32.2 Å². The highest BCUT2D eigenvalue weighted by Crippen LogP contribution is 2.48. The van der Waals surface area contributed by atoms with Crippen molar-refractivity contribution in [1.29, 1.82) is 10.8 Å². The first-order chi connectivity index (χ1) is 22.6. The van der Waals surface area contributed by atoms with Gasteiger partial charge >= 0.3 is 0 Å². The number of sulfonamides is 2. The number of hydrogen-bond donors (Lipinski definition) is 6. The van der Waals surface area contributed by atoms with Crippen LogP contribution >= 0.6 is 0 Å². The van der Waals surface area contributed by atoms with Gasteiger partial charge in [0, 0.05) is 35.1 Å². The summed E-state index contributed by atoms with van der Waals surface area (Å²) in [6, 6.07) is 19.3. The van der Waals surface area contributed by atoms with E-state index in [1.165, 1.54) is 60.7 Å². The fourth-order valence-electron chi connectivity index (χ4n) is 6.82. The van der Waals surface area contributed by atoms with Gasteiger partial charge in [-0.15, -0.1) is 0 Å². The Hall–Kier alpha value is -5.16. The summed E-state index contributed by atoms with van der Waals surface area (Å²) in [5.74, 6) is 9.01. The van der Waals surface area contributed by atoms with Gasteiger partial charge in [-0.05, 0) is 34.4 Å². The highest BCUT2D eigenvalue weighted by Gasteiger charge is 2.54. The number of benzene rings is 4. The minimum Gasteiger partial charge on any atom is -0.323 e. The minimum absolute atomic E-state index is 0.0708. The van der Waals surface area contributed by atoms with Crippen LogP contribution in [0.5, 0.6) is 0 Å². The molecule has 2 aliphatic rings. The second-order valence-electron chi connectivity index (χ2n) is 11.5. The van der Waals surface area contributed by atoms with Crippen molar-refractivity contribution in [2.75, 3.05) is 0 Å². The zero-order valence-electron chi connectivity index (χ0n) is 24.9. The topological polar surface area (TPSA) is 245 Å². The Morgan fingerprint density at radius 1 is 0.583 bits per heavy atom. The summed E-state index contributed by atoms with van der Waals surface area (Å²) in [5, 5.41) is 35.7. The predicted octanol–water partition coefficient (Wildman–Crippen LogP) is 2.87. The monoisotopic (exact) mass is 690 g/mol. The highest BCUT2D eigenvalue weighted by atomic mass is 32.2. The molecule has 0 saturated carbocycles. The van der Waals surface area contributed by atoms with E-state index in [-0.39, 0.29) is 67.4 Å². The summed E-state index contributed by atoms with van der Waals surface area (Å²) in [6.45, 7) is 0. The zero-order valence-corrected chi connectivity index (χ0v) is 26.5. The predicted molar refractivity (Wildman–Crippen MR) is 179 cm³/mol. The fraction of sp³-hybridized carbons (Fsp3) is 0.125. The summed E-state index contributed by atoms with van der Waals surface area (Å²) in [4.78, 5) is 0. The molecule has 246 valence electrons. The molecule has 10 N–H and O–H groups in total. The Balaban J connectivity index is 1.51. The average molecular weight is 691 g/mol. The molecular formula is C32H28F2N8O4S2. The van der Waals surface area contributed by atoms with Crippen molar-refractivity contribution in [2.45, 2.75) is 22.3 Å². The summed E-state index contributed by atoms with van der Waals surface area (Å²) in [6.07, 6.45) is -1.03. The lowest BCUT2D eigenvalue weighted by Gasteiger charge is -2.38. The van der Waals surface area contributed by atoms with Gasteiger partial charge in [-0.2, -0.15) is 10.2 Å². The van der Waals surface area contributed by atoms with Crippen molar-refractivity contribution in [3.63, 3.8) is 0 Å². The SMILES string of the molecule is N=C1/C(=N\N)CC(c2ccc(-c3ccc(C4(S(N)(=O)=O)C/C(=N\N)C(=N)c5ccccc54)c(F)c3)cc2F)(S(N)(=O)=O)c2ccccc21. The molecule has 4 aromatic rings. The Morgan fingerprint density at radius 3 is 1.25 bits per heavy atom. The van der Waals surface area contributed by atoms with Crippen LogP contribution in [0, 0.1) is 22.5 Å². The molecule has 0 radical (unpaired) electrons. The number of primary sulfonamides is 2. The van der Waals surface area contributed by atoms with Crippen molar-refractivity contribution in [1.82, 2.24) is 0 Å². The summed E-state index contributed by atoms with van der Waals surface area (Å²) in [7, 11) is -9.27. The molecule has 0 aliphatic heterocycles. The molecule has 2 atom stereocenters. The Labute approximate surface area is 274 Å². The lowest BCUT2D eigenvalue weighted by atomic mass is 9.75. The van der Waals surface area contributed by atoms with Gasteiger partial charge in [0.05, 0.1) is 22.8 Å². The minimum atomic E-state index is -4.64. The number of hydrazone groups is 2. The van der Waals surface area contributed by atoms with E-state index >= 15 is 8.78 Å². The average Bonchev–Trinajstić information content (AvgIpc) is 3.05. The molecular weight excluding hydrogens is 663 g/mol. The number of nitrogens with two attached hydrogens (primary N) is 4. The molecule has 12 nitrogen and oxygen atoms in total. The second-order valence-corrected chi connectivity index (χ2v) is 15.1. The first-order valence-electron chi connectivity index (χ1n) is 14.2. The van der Waals surface area contributed by atoms with Crippen molar-refractivity contribution < 1.29 is 25.6 Å². The molecule has 0 aromatic heterocycles. The van der Waals surface area contributed by atoms with Gasteiger partial charge in [0.15, 0.2) is 0 Å². The van der Waals surface area contributed by atoms with Gasteiger partial charge in [0.1, 0.15) is 21.1 Å². The molecule has 2 unspecified atom stereocenters. The summed E-state index contributed by atoms with van der Waals surface area (Å²) in [5.41, 5.74) is -0.425. The Kier molecular flexibility index (Phi) is 7.66. The van der Waals surface area contributed by atoms with Crippen LogP contribution in [-0.2, 0) is 29.5 Å². The molecule has 0 bridgehead atoms. The fourth-order valence-corrected chi connectivity index (χ4v) is 9.40. The van der Waals surface area contributed by atoms with Crippen molar-refractivity contribution >= 4 is 42.9 Å². The van der Waals surface area contributed by atoms with Crippen molar-refractivity contribution in [3.05, 3.63) is 130 Å². The zero-order chi connectivity index (χ0) is 34.8. The first kappa shape index (κ1) is 32.8. The van der Waals surface area contributed by atoms with Crippen LogP contribution in [0.15, 0.2) is 95.1 Å². The molecule has 4 aromatic carbocycles. The third-order valence-electron chi connectivity index (χ3n) is 9.10. The molecule has 2 aliphatic carbocycles. The molecule has 0 amide bonds. The molecule has 0 spiro atoms. The number of nitrogens with zero attached hydrogens (tertiary/aromatic N) is 2. The second kappa shape index (κ2) is 11.2. The maximum atomic E-state index is 16.2. The number of nitrogens with one attached hydrogen (secondary N) is 2. The van der Waals surface area contributed by atoms with E-state index in [1.807, 2.05) is 0 Å². The summed E-state index contributed by atoms with van der Waals surface area (Å²) < 4.78 is 81.4. The first-order valence-corrected chi connectivity index (χ1v) is 17.3. The standard InChI is InChI=1S/C32H28F2N8O4S2/c33-25-13-17(9-11-23(25)31(47(39,43)44)15-27(41-37)29(35)19-5-1-3-7-21(19)31)18-10-12-24(26(34)14-18)32(48(40,45)46)16-28(42-38)30(36)20-6-2-4-8-22(20)32/h1-14,35-36H,15-16,37-38H2,(H2,39,43,44)(H2,40,45,46)/b35-29?,36-30?,41-27-,42-28+. The Bertz CT molecular complexity index is 2200. The third kappa shape index (κ3) is 4.59. The van der Waals surface area contributed by atoms with Gasteiger partial charge in [0.2, 0.25) is 20.0 Å². The van der Waals surface area contributed by atoms with E-state index in [0.29, 0.717) is 0 Å². The maximum absolute atomic E-state index is 16.2. The van der Waals surface area contributed by atoms with Crippen LogP contribution in [0.1, 0.15) is 46.2 Å². The Morgan fingerprint density at radius 2 is 0.938 bits per heavy atom. The lowest BCUT2D eigenvalue weighted by Crippen LogP contribution is -2.49. The van der Waals surface area contributed by atoms with E-state index < -0.39 is 54.0 Å². The molecule has 48 heavy (non-hydrogen) atoms. The van der Waals surface area contributed by atoms with Gasteiger partial charge < -0.3 is 11.7 Å². The van der Waals surface area contributed by atoms with Gasteiger partial charge in [-0.25, -0.2) is 35.9 Å². The van der Waals surface area contributed by atoms with E-state index in [9.17, 15) is 16.8 Å². The quantitative estimate of drug-likeness (QED) is 0.136. The smallest absolute Gasteiger partial charge is 0.223 e. The van der Waals surface area contributed by atoms with Gasteiger partial charge in [0.25, 0.3) is 0 Å². The van der Waals surface area contributed by atoms with Crippen LogP contribution in [0.4, 0.5) is 8.78 Å². The van der Waals surface area contributed by atoms with Crippen LogP contribution in [0.3, 0.4) is 0 Å². The van der Waals surface area contributed by atoms with Gasteiger partial charge in [-0.3, -0.25) is 10.8 Å². The largest absolute Gasteiger partial charge is 0.323 e. The number of fused-ring (bicyclic) bond motifs is 2. The maximum Gasteiger partial charge on any atom is 0.223 e. The molecule has 6 rings (SSSR count). The molecule has 0 saturated heterocycles. The van der Waals surface area contributed by atoms with Gasteiger partial charge in [-0.1, -0.05) is 72.8 Å². The normalized spacial score (nSPS) is 22.8. The van der Waals surface area contributed by atoms with Crippen LogP contribution in [0.2, 0.25) is 0 Å². The van der Waals surface area contributed by atoms with Crippen molar-refractivity contribution in [3.8, 4) is 11.1 Å². The molecule has 16 heteroatoms. The van der Waals surface area contributed by atoms with E-state index in [2.05, 4.69) is 10.2 Å². The van der Waals surface area contributed by atoms with E-state index in [4.69, 9.17) is 32.8 Å². The molecule has 0 fully saturated rings. The number of halogens is 2. The molecule has 0 heterocycles.